The van der Waals surface area contributed by atoms with Crippen LogP contribution in [0.3, 0.4) is 0 Å². The highest BCUT2D eigenvalue weighted by Gasteiger charge is 2.15. The predicted molar refractivity (Wildman–Crippen MR) is 129 cm³/mol. The van der Waals surface area contributed by atoms with Crippen molar-refractivity contribution in [3.63, 3.8) is 0 Å². The summed E-state index contributed by atoms with van der Waals surface area (Å²) in [7, 11) is 0. The summed E-state index contributed by atoms with van der Waals surface area (Å²) in [5, 5.41) is 3.04. The number of carbonyl (C=O) groups is 1. The molecule has 0 fully saturated rings. The molecule has 0 radical (unpaired) electrons. The molecule has 0 saturated carbocycles. The van der Waals surface area contributed by atoms with E-state index in [9.17, 15) is 4.79 Å². The molecule has 0 atom stereocenters. The molecule has 0 aliphatic carbocycles. The number of rotatable bonds is 8. The first-order chi connectivity index (χ1) is 15.2. The van der Waals surface area contributed by atoms with E-state index in [2.05, 4.69) is 27.4 Å². The van der Waals surface area contributed by atoms with Crippen LogP contribution in [0.1, 0.15) is 11.4 Å². The number of H-pyrrole nitrogens is 1. The average Bonchev–Trinajstić information content (AvgIpc) is 3.23. The lowest BCUT2D eigenvalue weighted by atomic mass is 10.1. The molecule has 1 heterocycles. The summed E-state index contributed by atoms with van der Waals surface area (Å²) in [5.74, 6) is 0.892. The summed E-state index contributed by atoms with van der Waals surface area (Å²) in [6.45, 7) is 1.22. The molecule has 2 amide bonds. The van der Waals surface area contributed by atoms with Crippen LogP contribution in [0.2, 0.25) is 0 Å². The van der Waals surface area contributed by atoms with Crippen LogP contribution in [0.25, 0.3) is 11.0 Å². The van der Waals surface area contributed by atoms with Gasteiger partial charge in [0.05, 0.1) is 11.0 Å². The number of carbonyl (C=O) groups excluding carboxylic acids is 1. The molecule has 6 heteroatoms. The van der Waals surface area contributed by atoms with Crippen LogP contribution in [0.4, 0.5) is 10.5 Å². The topological polar surface area (TPSA) is 61.0 Å². The summed E-state index contributed by atoms with van der Waals surface area (Å²) in [5.41, 5.74) is 3.99. The molecule has 0 saturated heterocycles. The third-order valence-electron chi connectivity index (χ3n) is 5.20. The fourth-order valence-electron chi connectivity index (χ4n) is 3.47. The van der Waals surface area contributed by atoms with E-state index >= 15 is 0 Å². The molecule has 31 heavy (non-hydrogen) atoms. The average molecular weight is 431 g/mol. The SMILES string of the molecule is CSc1ccc(NC(=O)N(CCc2ccccc2)CCc2nc3ccccc3[nH]2)cc1. The zero-order valence-corrected chi connectivity index (χ0v) is 18.4. The fraction of sp³-hybridized carbons (Fsp3) is 0.200. The number of nitrogens with zero attached hydrogens (tertiary/aromatic N) is 2. The van der Waals surface area contributed by atoms with Gasteiger partial charge in [0, 0.05) is 30.1 Å². The van der Waals surface area contributed by atoms with Gasteiger partial charge in [-0.25, -0.2) is 9.78 Å². The minimum absolute atomic E-state index is 0.0936. The molecule has 4 aromatic rings. The first-order valence-corrected chi connectivity index (χ1v) is 11.6. The van der Waals surface area contributed by atoms with Crippen LogP contribution in [-0.2, 0) is 12.8 Å². The molecule has 5 nitrogen and oxygen atoms in total. The van der Waals surface area contributed by atoms with E-state index in [4.69, 9.17) is 0 Å². The molecule has 158 valence electrons. The van der Waals surface area contributed by atoms with Gasteiger partial charge >= 0.3 is 6.03 Å². The quantitative estimate of drug-likeness (QED) is 0.358. The van der Waals surface area contributed by atoms with Crippen molar-refractivity contribution in [1.29, 1.82) is 0 Å². The largest absolute Gasteiger partial charge is 0.342 e. The standard InChI is InChI=1S/C25H26N4OS/c1-31-21-13-11-20(12-14-21)26-25(30)29(17-15-19-7-3-2-4-8-19)18-16-24-27-22-9-5-6-10-23(22)28-24/h2-14H,15-18H2,1H3,(H,26,30)(H,27,28). The number of fused-ring (bicyclic) bond motifs is 1. The normalized spacial score (nSPS) is 10.9. The molecular weight excluding hydrogens is 404 g/mol. The first kappa shape index (κ1) is 21.0. The number of hydrogen-bond donors (Lipinski definition) is 2. The zero-order chi connectivity index (χ0) is 21.5. The Bertz CT molecular complexity index is 1090. The molecule has 4 rings (SSSR count). The summed E-state index contributed by atoms with van der Waals surface area (Å²) in [6.07, 6.45) is 3.51. The lowest BCUT2D eigenvalue weighted by Crippen LogP contribution is -2.38. The van der Waals surface area contributed by atoms with Crippen LogP contribution in [0.5, 0.6) is 0 Å². The van der Waals surface area contributed by atoms with Gasteiger partial charge in [-0.15, -0.1) is 11.8 Å². The maximum absolute atomic E-state index is 13.1. The summed E-state index contributed by atoms with van der Waals surface area (Å²) in [6, 6.07) is 26.1. The van der Waals surface area contributed by atoms with Gasteiger partial charge in [0.15, 0.2) is 0 Å². The van der Waals surface area contributed by atoms with Crippen molar-refractivity contribution in [2.24, 2.45) is 0 Å². The second-order valence-corrected chi connectivity index (χ2v) is 8.21. The van der Waals surface area contributed by atoms with Crippen molar-refractivity contribution in [1.82, 2.24) is 14.9 Å². The number of nitrogens with one attached hydrogen (secondary N) is 2. The van der Waals surface area contributed by atoms with Crippen LogP contribution in [0, 0.1) is 0 Å². The Morgan fingerprint density at radius 1 is 0.935 bits per heavy atom. The van der Waals surface area contributed by atoms with Crippen LogP contribution < -0.4 is 5.32 Å². The number of hydrogen-bond acceptors (Lipinski definition) is 3. The minimum Gasteiger partial charge on any atom is -0.342 e. The van der Waals surface area contributed by atoms with E-state index < -0.39 is 0 Å². The zero-order valence-electron chi connectivity index (χ0n) is 17.5. The molecule has 0 unspecified atom stereocenters. The van der Waals surface area contributed by atoms with Gasteiger partial charge in [0.2, 0.25) is 0 Å². The Balaban J connectivity index is 1.44. The van der Waals surface area contributed by atoms with Gasteiger partial charge in [-0.2, -0.15) is 0 Å². The van der Waals surface area contributed by atoms with Crippen molar-refractivity contribution >= 4 is 34.5 Å². The van der Waals surface area contributed by atoms with E-state index in [-0.39, 0.29) is 6.03 Å². The number of anilines is 1. The molecule has 0 spiro atoms. The van der Waals surface area contributed by atoms with Gasteiger partial charge < -0.3 is 15.2 Å². The van der Waals surface area contributed by atoms with Crippen LogP contribution >= 0.6 is 11.8 Å². The van der Waals surface area contributed by atoms with Crippen molar-refractivity contribution < 1.29 is 4.79 Å². The molecular formula is C25H26N4OS. The second-order valence-electron chi connectivity index (χ2n) is 7.33. The molecule has 3 aromatic carbocycles. The van der Waals surface area contributed by atoms with E-state index in [0.717, 1.165) is 29.0 Å². The van der Waals surface area contributed by atoms with Gasteiger partial charge in [0.25, 0.3) is 0 Å². The van der Waals surface area contributed by atoms with Crippen molar-refractivity contribution in [2.45, 2.75) is 17.7 Å². The number of benzene rings is 3. The highest BCUT2D eigenvalue weighted by molar-refractivity contribution is 7.98. The van der Waals surface area contributed by atoms with Crippen LogP contribution in [0.15, 0.2) is 83.8 Å². The summed E-state index contributed by atoms with van der Waals surface area (Å²) < 4.78 is 0. The third kappa shape index (κ3) is 5.67. The van der Waals surface area contributed by atoms with E-state index in [1.165, 1.54) is 10.5 Å². The number of amides is 2. The Hall–Kier alpha value is -3.25. The molecule has 0 aliphatic heterocycles. The predicted octanol–water partition coefficient (Wildman–Crippen LogP) is 5.60. The lowest BCUT2D eigenvalue weighted by molar-refractivity contribution is 0.212. The van der Waals surface area contributed by atoms with Crippen LogP contribution in [-0.4, -0.2) is 40.2 Å². The van der Waals surface area contributed by atoms with E-state index in [1.807, 2.05) is 77.9 Å². The Kier molecular flexibility index (Phi) is 6.89. The molecule has 2 N–H and O–H groups in total. The summed E-state index contributed by atoms with van der Waals surface area (Å²) >= 11 is 1.68. The van der Waals surface area contributed by atoms with E-state index in [1.54, 1.807) is 11.8 Å². The number of aromatic amines is 1. The minimum atomic E-state index is -0.0936. The number of urea groups is 1. The van der Waals surface area contributed by atoms with E-state index in [0.29, 0.717) is 19.5 Å². The van der Waals surface area contributed by atoms with Crippen molar-refractivity contribution in [2.75, 3.05) is 24.7 Å². The number of para-hydroxylation sites is 2. The van der Waals surface area contributed by atoms with Gasteiger partial charge in [0.1, 0.15) is 5.82 Å². The summed E-state index contributed by atoms with van der Waals surface area (Å²) in [4.78, 5) is 24.1. The Morgan fingerprint density at radius 2 is 1.65 bits per heavy atom. The maximum Gasteiger partial charge on any atom is 0.321 e. The van der Waals surface area contributed by atoms with Gasteiger partial charge in [-0.05, 0) is 54.6 Å². The lowest BCUT2D eigenvalue weighted by Gasteiger charge is -2.23. The number of aromatic nitrogens is 2. The smallest absolute Gasteiger partial charge is 0.321 e. The maximum atomic E-state index is 13.1. The highest BCUT2D eigenvalue weighted by Crippen LogP contribution is 2.18. The number of thioether (sulfide) groups is 1. The molecule has 1 aromatic heterocycles. The Labute approximate surface area is 186 Å². The van der Waals surface area contributed by atoms with Gasteiger partial charge in [-0.1, -0.05) is 42.5 Å². The molecule has 0 bridgehead atoms. The van der Waals surface area contributed by atoms with Crippen molar-refractivity contribution in [3.8, 4) is 0 Å². The van der Waals surface area contributed by atoms with Gasteiger partial charge in [-0.3, -0.25) is 0 Å². The molecule has 0 aliphatic rings. The second kappa shape index (κ2) is 10.2. The first-order valence-electron chi connectivity index (χ1n) is 10.4. The third-order valence-corrected chi connectivity index (χ3v) is 5.94. The fourth-order valence-corrected chi connectivity index (χ4v) is 3.87. The highest BCUT2D eigenvalue weighted by atomic mass is 32.2. The Morgan fingerprint density at radius 3 is 2.39 bits per heavy atom. The monoisotopic (exact) mass is 430 g/mol. The van der Waals surface area contributed by atoms with Crippen molar-refractivity contribution in [3.05, 3.63) is 90.3 Å². The number of imidazole rings is 1.